The fourth-order valence-electron chi connectivity index (χ4n) is 11.9. The Kier molecular flexibility index (Phi) is 12.4. The van der Waals surface area contributed by atoms with Crippen molar-refractivity contribution in [3.8, 4) is 0 Å². The molecule has 0 saturated heterocycles. The molecule has 51 heavy (non-hydrogen) atoms. The second kappa shape index (κ2) is 16.4. The van der Waals surface area contributed by atoms with Crippen molar-refractivity contribution in [1.82, 2.24) is 0 Å². The van der Waals surface area contributed by atoms with Gasteiger partial charge in [-0.25, -0.2) is 4.79 Å². The lowest BCUT2D eigenvalue weighted by Crippen LogP contribution is -2.77. The van der Waals surface area contributed by atoms with Gasteiger partial charge in [0, 0.05) is 12.0 Å². The summed E-state index contributed by atoms with van der Waals surface area (Å²) >= 11 is 0. The molecule has 0 bridgehead atoms. The zero-order valence-corrected chi connectivity index (χ0v) is 31.7. The van der Waals surface area contributed by atoms with Crippen LogP contribution in [0, 0.1) is 40.4 Å². The van der Waals surface area contributed by atoms with Crippen molar-refractivity contribution in [3.05, 3.63) is 47.5 Å². The number of hydrogen-bond acceptors (Lipinski definition) is 7. The number of ether oxygens (including phenoxy) is 2. The lowest BCUT2D eigenvalue weighted by Gasteiger charge is -2.70. The maximum Gasteiger partial charge on any atom is 0.331 e. The monoisotopic (exact) mass is 706 g/mol. The summed E-state index contributed by atoms with van der Waals surface area (Å²) < 4.78 is 11.9. The molecule has 1 aliphatic heterocycles. The average Bonchev–Trinajstić information content (AvgIpc) is 3.83. The van der Waals surface area contributed by atoms with Crippen LogP contribution in [0.2, 0.25) is 0 Å². The topological polar surface area (TPSA) is 113 Å². The van der Waals surface area contributed by atoms with E-state index >= 15 is 0 Å². The minimum Gasteiger partial charge on any atom is -0.462 e. The van der Waals surface area contributed by atoms with E-state index in [0.29, 0.717) is 43.9 Å². The predicted octanol–water partition coefficient (Wildman–Crippen LogP) is 8.27. The molecule has 6 rings (SSSR count). The molecule has 1 heterocycles. The Hall–Kier alpha value is -2.22. The Morgan fingerprint density at radius 2 is 1.69 bits per heavy atom. The molecule has 7 heteroatoms. The van der Waals surface area contributed by atoms with Gasteiger partial charge in [0.1, 0.15) is 12.7 Å². The van der Waals surface area contributed by atoms with Crippen LogP contribution in [0.25, 0.3) is 0 Å². The molecule has 1 aromatic rings. The minimum absolute atomic E-state index is 0.107. The molecule has 4 saturated carbocycles. The molecule has 3 N–H and O–H groups in total. The van der Waals surface area contributed by atoms with E-state index in [1.807, 2.05) is 13.0 Å². The van der Waals surface area contributed by atoms with Crippen LogP contribution in [0.1, 0.15) is 142 Å². The first-order valence-corrected chi connectivity index (χ1v) is 20.7. The van der Waals surface area contributed by atoms with E-state index < -0.39 is 35.2 Å². The summed E-state index contributed by atoms with van der Waals surface area (Å²) in [5, 5.41) is 38.9. The largest absolute Gasteiger partial charge is 0.462 e. The van der Waals surface area contributed by atoms with Gasteiger partial charge in [0.05, 0.1) is 29.1 Å². The van der Waals surface area contributed by atoms with Crippen LogP contribution >= 0.6 is 0 Å². The number of hydrogen-bond donors (Lipinski definition) is 3. The van der Waals surface area contributed by atoms with Crippen molar-refractivity contribution in [2.75, 3.05) is 6.61 Å². The summed E-state index contributed by atoms with van der Waals surface area (Å²) in [7, 11) is 0. The van der Waals surface area contributed by atoms with Crippen molar-refractivity contribution in [2.24, 2.45) is 40.4 Å². The minimum atomic E-state index is -1.45. The number of benzene rings is 1. The summed E-state index contributed by atoms with van der Waals surface area (Å²) in [5.41, 5.74) is -0.903. The van der Waals surface area contributed by atoms with E-state index in [1.54, 1.807) is 0 Å². The van der Waals surface area contributed by atoms with Gasteiger partial charge in [-0.05, 0) is 118 Å². The smallest absolute Gasteiger partial charge is 0.331 e. The number of cyclic esters (lactones) is 1. The van der Waals surface area contributed by atoms with Crippen LogP contribution in [-0.2, 0) is 25.5 Å². The van der Waals surface area contributed by atoms with Crippen molar-refractivity contribution >= 4 is 11.9 Å². The maximum absolute atomic E-state index is 14.0. The van der Waals surface area contributed by atoms with Crippen LogP contribution in [0.5, 0.6) is 0 Å². The van der Waals surface area contributed by atoms with Crippen LogP contribution in [-0.4, -0.2) is 57.8 Å². The third kappa shape index (κ3) is 7.74. The van der Waals surface area contributed by atoms with Gasteiger partial charge in [-0.15, -0.1) is 0 Å². The molecule has 4 fully saturated rings. The molecule has 7 nitrogen and oxygen atoms in total. The number of aliphatic hydroxyl groups excluding tert-OH is 2. The lowest BCUT2D eigenvalue weighted by molar-refractivity contribution is -0.326. The van der Waals surface area contributed by atoms with Crippen molar-refractivity contribution in [3.63, 3.8) is 0 Å². The fourth-order valence-corrected chi connectivity index (χ4v) is 11.9. The van der Waals surface area contributed by atoms with Gasteiger partial charge in [-0.1, -0.05) is 89.6 Å². The maximum atomic E-state index is 14.0. The SMILES string of the molecule is C[C@H](CCCc1ccccc1)CC[C@H](O)[C@]12[C@@H]([C@H](OC(=O)C3CCCCC3)C[C@@H](C)[C@]1(O)CCC1=CC(=O)OC1)[C@](C)(C1CCCC1)CC[C@@H]2O. The van der Waals surface area contributed by atoms with Crippen LogP contribution in [0.3, 0.4) is 0 Å². The Balaban J connectivity index is 1.35. The molecule has 5 aliphatic rings. The van der Waals surface area contributed by atoms with Crippen molar-refractivity contribution < 1.29 is 34.4 Å². The lowest BCUT2D eigenvalue weighted by atomic mass is 9.38. The molecular weight excluding hydrogens is 640 g/mol. The summed E-state index contributed by atoms with van der Waals surface area (Å²) in [5.74, 6) is -0.614. The third-order valence-electron chi connectivity index (χ3n) is 14.8. The zero-order chi connectivity index (χ0) is 36.2. The first-order valence-electron chi connectivity index (χ1n) is 20.7. The molecule has 284 valence electrons. The molecule has 9 atom stereocenters. The van der Waals surface area contributed by atoms with E-state index in [4.69, 9.17) is 9.47 Å². The number of rotatable bonds is 14. The zero-order valence-electron chi connectivity index (χ0n) is 31.7. The van der Waals surface area contributed by atoms with E-state index in [2.05, 4.69) is 38.1 Å². The molecular formula is C44H66O7. The second-order valence-corrected chi connectivity index (χ2v) is 17.8. The van der Waals surface area contributed by atoms with Crippen LogP contribution in [0.4, 0.5) is 0 Å². The number of fused-ring (bicyclic) bond motifs is 1. The summed E-state index contributed by atoms with van der Waals surface area (Å²) in [6.45, 7) is 6.82. The molecule has 4 aliphatic carbocycles. The van der Waals surface area contributed by atoms with Crippen LogP contribution < -0.4 is 0 Å². The standard InChI is InChI=1S/C44H66O7/c1-30(13-12-16-32-14-6-4-7-15-32)21-22-37(45)44-38(46)24-25-42(3,35-19-10-11-20-35)40(44)36(51-41(48)34-17-8-5-9-18-34)27-31(2)43(44,49)26-23-33-28-39(47)50-29-33/h4,6-7,14-15,28,30-31,34-38,40,45-46,49H,5,8-13,16-27,29H2,1-3H3/t30-,31-,36-,37+,38+,40+,42+,43-,44+/m1/s1. The highest BCUT2D eigenvalue weighted by Gasteiger charge is 2.74. The quantitative estimate of drug-likeness (QED) is 0.167. The first-order chi connectivity index (χ1) is 24.5. The van der Waals surface area contributed by atoms with E-state index in [1.165, 1.54) is 11.6 Å². The highest BCUT2D eigenvalue weighted by atomic mass is 16.5. The van der Waals surface area contributed by atoms with Gasteiger partial charge >= 0.3 is 11.9 Å². The number of carbonyl (C=O) groups is 2. The predicted molar refractivity (Wildman–Crippen MR) is 198 cm³/mol. The number of carbonyl (C=O) groups excluding carboxylic acids is 2. The van der Waals surface area contributed by atoms with Gasteiger partial charge in [0.25, 0.3) is 0 Å². The van der Waals surface area contributed by atoms with Gasteiger partial charge in [0.2, 0.25) is 0 Å². The van der Waals surface area contributed by atoms with Gasteiger partial charge in [-0.3, -0.25) is 4.79 Å². The number of aliphatic hydroxyl groups is 3. The normalized spacial score (nSPS) is 35.9. The highest BCUT2D eigenvalue weighted by Crippen LogP contribution is 2.69. The molecule has 0 unspecified atom stereocenters. The fraction of sp³-hybridized carbons (Fsp3) is 0.773. The van der Waals surface area contributed by atoms with E-state index in [9.17, 15) is 24.9 Å². The van der Waals surface area contributed by atoms with Crippen molar-refractivity contribution in [1.29, 1.82) is 0 Å². The van der Waals surface area contributed by atoms with Crippen LogP contribution in [0.15, 0.2) is 42.0 Å². The second-order valence-electron chi connectivity index (χ2n) is 17.8. The summed E-state index contributed by atoms with van der Waals surface area (Å²) in [4.78, 5) is 26.0. The van der Waals surface area contributed by atoms with Gasteiger partial charge < -0.3 is 24.8 Å². The highest BCUT2D eigenvalue weighted by molar-refractivity contribution is 5.85. The molecule has 0 spiro atoms. The summed E-state index contributed by atoms with van der Waals surface area (Å²) in [6.07, 6.45) is 15.4. The van der Waals surface area contributed by atoms with E-state index in [-0.39, 0.29) is 35.8 Å². The first kappa shape index (κ1) is 38.5. The summed E-state index contributed by atoms with van der Waals surface area (Å²) in [6, 6.07) is 10.6. The van der Waals surface area contributed by atoms with Gasteiger partial charge in [0.15, 0.2) is 0 Å². The number of esters is 2. The van der Waals surface area contributed by atoms with E-state index in [0.717, 1.165) is 95.5 Å². The molecule has 1 aromatic carbocycles. The third-order valence-corrected chi connectivity index (χ3v) is 14.8. The number of aryl methyl sites for hydroxylation is 1. The Morgan fingerprint density at radius 3 is 2.37 bits per heavy atom. The Bertz CT molecular complexity index is 1350. The molecule has 0 aromatic heterocycles. The Labute approximate surface area is 307 Å². The average molecular weight is 707 g/mol. The van der Waals surface area contributed by atoms with Gasteiger partial charge in [-0.2, -0.15) is 0 Å². The van der Waals surface area contributed by atoms with Crippen molar-refractivity contribution in [2.45, 2.75) is 167 Å². The Morgan fingerprint density at radius 1 is 0.980 bits per heavy atom. The molecule has 0 radical (unpaired) electrons. The molecule has 0 amide bonds.